The van der Waals surface area contributed by atoms with Crippen molar-refractivity contribution >= 4 is 40.2 Å². The minimum atomic E-state index is -0.266. The van der Waals surface area contributed by atoms with Crippen LogP contribution in [-0.4, -0.2) is 22.4 Å². The number of hydrogen-bond acceptors (Lipinski definition) is 2. The Hall–Kier alpha value is 0.490. The molecule has 0 rings (SSSR count). The van der Waals surface area contributed by atoms with E-state index >= 15 is 0 Å². The fourth-order valence-corrected chi connectivity index (χ4v) is 0.657. The Morgan fingerprint density at radius 2 is 2.22 bits per heavy atom. The summed E-state index contributed by atoms with van der Waals surface area (Å²) in [6.45, 7) is 1.76. The molecule has 0 bridgehead atoms. The van der Waals surface area contributed by atoms with Crippen LogP contribution >= 0.6 is 34.2 Å². The standard InChI is InChI=1S/C5H8ClIO2/c1-3(6)4(7)5(8)9-2/h3-4H,1-2H3/t3-,4-/m1/s1. The van der Waals surface area contributed by atoms with Gasteiger partial charge in [-0.05, 0) is 6.92 Å². The highest BCUT2D eigenvalue weighted by Crippen LogP contribution is 2.12. The van der Waals surface area contributed by atoms with Crippen molar-refractivity contribution in [2.45, 2.75) is 16.2 Å². The zero-order valence-corrected chi connectivity index (χ0v) is 8.14. The van der Waals surface area contributed by atoms with Crippen LogP contribution in [0.25, 0.3) is 0 Å². The first-order valence-corrected chi connectivity index (χ1v) is 4.13. The molecule has 0 unspecified atom stereocenters. The summed E-state index contributed by atoms with van der Waals surface area (Å²) in [6, 6.07) is 0. The Balaban J connectivity index is 3.72. The maximum atomic E-state index is 10.6. The average molecular weight is 262 g/mol. The van der Waals surface area contributed by atoms with Crippen LogP contribution in [0, 0.1) is 0 Å². The third kappa shape index (κ3) is 3.25. The Morgan fingerprint density at radius 1 is 1.78 bits per heavy atom. The number of carbonyl (C=O) groups is 1. The Labute approximate surface area is 73.0 Å². The Morgan fingerprint density at radius 3 is 2.33 bits per heavy atom. The highest BCUT2D eigenvalue weighted by molar-refractivity contribution is 14.1. The number of esters is 1. The van der Waals surface area contributed by atoms with Gasteiger partial charge >= 0.3 is 5.97 Å². The molecule has 0 aromatic heterocycles. The molecule has 4 heteroatoms. The smallest absolute Gasteiger partial charge is 0.320 e. The fraction of sp³-hybridized carbons (Fsp3) is 0.800. The number of carbonyl (C=O) groups excluding carboxylic acids is 1. The molecule has 0 spiro atoms. The van der Waals surface area contributed by atoms with Crippen molar-refractivity contribution < 1.29 is 9.53 Å². The summed E-state index contributed by atoms with van der Waals surface area (Å²) in [6.07, 6.45) is 0. The lowest BCUT2D eigenvalue weighted by molar-refractivity contribution is -0.139. The highest BCUT2D eigenvalue weighted by Gasteiger charge is 2.19. The highest BCUT2D eigenvalue weighted by atomic mass is 127. The van der Waals surface area contributed by atoms with Gasteiger partial charge in [-0.3, -0.25) is 4.79 Å². The molecule has 0 fully saturated rings. The van der Waals surface area contributed by atoms with E-state index in [-0.39, 0.29) is 15.3 Å². The maximum absolute atomic E-state index is 10.6. The van der Waals surface area contributed by atoms with E-state index in [1.165, 1.54) is 7.11 Å². The van der Waals surface area contributed by atoms with Gasteiger partial charge in [0.15, 0.2) is 0 Å². The molecule has 0 radical (unpaired) electrons. The number of ether oxygens (including phenoxy) is 1. The van der Waals surface area contributed by atoms with Crippen LogP contribution in [0.4, 0.5) is 0 Å². The van der Waals surface area contributed by atoms with Crippen molar-refractivity contribution in [1.29, 1.82) is 0 Å². The molecule has 0 N–H and O–H groups in total. The molecule has 2 nitrogen and oxygen atoms in total. The first kappa shape index (κ1) is 9.49. The predicted octanol–water partition coefficient (Wildman–Crippen LogP) is 1.59. The molecule has 0 heterocycles. The van der Waals surface area contributed by atoms with Gasteiger partial charge in [-0.25, -0.2) is 0 Å². The molecule has 0 amide bonds. The summed E-state index contributed by atoms with van der Waals surface area (Å²) < 4.78 is 4.20. The fourth-order valence-electron chi connectivity index (χ4n) is 0.300. The van der Waals surface area contributed by atoms with Crippen LogP contribution in [-0.2, 0) is 9.53 Å². The summed E-state index contributed by atoms with van der Waals surface area (Å²) in [5.41, 5.74) is 0. The van der Waals surface area contributed by atoms with E-state index in [1.807, 2.05) is 22.6 Å². The number of rotatable bonds is 2. The molecule has 0 aliphatic heterocycles. The third-order valence-corrected chi connectivity index (χ3v) is 3.09. The molecule has 0 aliphatic carbocycles. The molecule has 2 atom stereocenters. The Bertz CT molecular complexity index is 105. The quantitative estimate of drug-likeness (QED) is 0.429. The molecule has 0 aliphatic rings. The maximum Gasteiger partial charge on any atom is 0.320 e. The number of hydrogen-bond donors (Lipinski definition) is 0. The normalized spacial score (nSPS) is 16.4. The zero-order valence-electron chi connectivity index (χ0n) is 5.23. The lowest BCUT2D eigenvalue weighted by Crippen LogP contribution is -2.23. The monoisotopic (exact) mass is 262 g/mol. The zero-order chi connectivity index (χ0) is 7.44. The van der Waals surface area contributed by atoms with E-state index in [9.17, 15) is 4.79 Å². The van der Waals surface area contributed by atoms with Crippen molar-refractivity contribution in [2.75, 3.05) is 7.11 Å². The van der Waals surface area contributed by atoms with E-state index in [0.717, 1.165) is 0 Å². The number of methoxy groups -OCH3 is 1. The summed E-state index contributed by atoms with van der Waals surface area (Å²) in [7, 11) is 1.35. The van der Waals surface area contributed by atoms with Crippen molar-refractivity contribution in [3.05, 3.63) is 0 Å². The minimum absolute atomic E-state index is 0.168. The largest absolute Gasteiger partial charge is 0.468 e. The van der Waals surface area contributed by atoms with E-state index in [4.69, 9.17) is 11.6 Å². The van der Waals surface area contributed by atoms with Crippen molar-refractivity contribution in [3.63, 3.8) is 0 Å². The molecule has 9 heavy (non-hydrogen) atoms. The van der Waals surface area contributed by atoms with Crippen LogP contribution in [0.2, 0.25) is 0 Å². The molecule has 0 aromatic carbocycles. The summed E-state index contributed by atoms with van der Waals surface area (Å²) in [4.78, 5) is 10.6. The molecule has 54 valence electrons. The van der Waals surface area contributed by atoms with Crippen molar-refractivity contribution in [2.24, 2.45) is 0 Å². The van der Waals surface area contributed by atoms with Crippen molar-refractivity contribution in [3.8, 4) is 0 Å². The van der Waals surface area contributed by atoms with Gasteiger partial charge in [-0.2, -0.15) is 0 Å². The third-order valence-electron chi connectivity index (χ3n) is 0.830. The molecule has 0 saturated carbocycles. The first-order valence-electron chi connectivity index (χ1n) is 2.45. The number of halogens is 2. The van der Waals surface area contributed by atoms with Crippen LogP contribution in [0.1, 0.15) is 6.92 Å². The van der Waals surface area contributed by atoms with Gasteiger partial charge in [-0.15, -0.1) is 11.6 Å². The lowest BCUT2D eigenvalue weighted by Gasteiger charge is -2.07. The van der Waals surface area contributed by atoms with E-state index in [0.29, 0.717) is 0 Å². The molecule has 0 aromatic rings. The minimum Gasteiger partial charge on any atom is -0.468 e. The summed E-state index contributed by atoms with van der Waals surface area (Å²) >= 11 is 7.54. The van der Waals surface area contributed by atoms with Gasteiger partial charge in [0.05, 0.1) is 12.5 Å². The van der Waals surface area contributed by atoms with Gasteiger partial charge in [0.25, 0.3) is 0 Å². The molecular weight excluding hydrogens is 254 g/mol. The SMILES string of the molecule is COC(=O)[C@H](I)[C@@H](C)Cl. The summed E-state index contributed by atoms with van der Waals surface area (Å²) in [5, 5.41) is -0.168. The molecular formula is C5H8ClIO2. The van der Waals surface area contributed by atoms with Gasteiger partial charge in [0, 0.05) is 0 Å². The molecule has 0 saturated heterocycles. The first-order chi connectivity index (χ1) is 4.09. The van der Waals surface area contributed by atoms with Gasteiger partial charge in [-0.1, -0.05) is 22.6 Å². The second-order valence-electron chi connectivity index (χ2n) is 1.60. The van der Waals surface area contributed by atoms with Gasteiger partial charge in [0.1, 0.15) is 3.92 Å². The average Bonchev–Trinajstić information content (AvgIpc) is 1.84. The Kier molecular flexibility index (Phi) is 4.56. The second-order valence-corrected chi connectivity index (χ2v) is 3.63. The van der Waals surface area contributed by atoms with Crippen LogP contribution in [0.5, 0.6) is 0 Å². The van der Waals surface area contributed by atoms with E-state index in [2.05, 4.69) is 4.74 Å². The van der Waals surface area contributed by atoms with Gasteiger partial charge in [0.2, 0.25) is 0 Å². The van der Waals surface area contributed by atoms with Crippen LogP contribution in [0.15, 0.2) is 0 Å². The van der Waals surface area contributed by atoms with E-state index < -0.39 is 0 Å². The summed E-state index contributed by atoms with van der Waals surface area (Å²) in [5.74, 6) is -0.266. The second kappa shape index (κ2) is 4.33. The van der Waals surface area contributed by atoms with Crippen molar-refractivity contribution in [1.82, 2.24) is 0 Å². The topological polar surface area (TPSA) is 26.3 Å². The predicted molar refractivity (Wildman–Crippen MR) is 45.1 cm³/mol. The van der Waals surface area contributed by atoms with Crippen LogP contribution in [0.3, 0.4) is 0 Å². The van der Waals surface area contributed by atoms with Crippen LogP contribution < -0.4 is 0 Å². The lowest BCUT2D eigenvalue weighted by atomic mass is 10.3. The van der Waals surface area contributed by atoms with Gasteiger partial charge < -0.3 is 4.74 Å². The van der Waals surface area contributed by atoms with E-state index in [1.54, 1.807) is 6.92 Å². The number of alkyl halides is 2.